The molecule has 27 heavy (non-hydrogen) atoms. The van der Waals surface area contributed by atoms with E-state index in [0.717, 1.165) is 0 Å². The van der Waals surface area contributed by atoms with Gasteiger partial charge in [-0.3, -0.25) is 4.79 Å². The quantitative estimate of drug-likeness (QED) is 0.598. The highest BCUT2D eigenvalue weighted by atomic mass is 35.5. The Labute approximate surface area is 158 Å². The number of fused-ring (bicyclic) bond motifs is 1. The van der Waals surface area contributed by atoms with Crippen LogP contribution in [-0.2, 0) is 6.18 Å². The number of aromatic hydroxyl groups is 1. The number of hydrogen-bond acceptors (Lipinski definition) is 5. The molecule has 0 fully saturated rings. The normalized spacial score (nSPS) is 11.6. The van der Waals surface area contributed by atoms with Crippen molar-refractivity contribution in [3.05, 3.63) is 62.1 Å². The van der Waals surface area contributed by atoms with Crippen molar-refractivity contribution in [1.29, 1.82) is 0 Å². The van der Waals surface area contributed by atoms with Crippen LogP contribution in [0, 0.1) is 0 Å². The fraction of sp³-hybridized carbons (Fsp3) is 0.0625. The second-order valence-corrected chi connectivity index (χ2v) is 6.10. The number of rotatable bonds is 2. The second kappa shape index (κ2) is 6.75. The van der Waals surface area contributed by atoms with Crippen molar-refractivity contribution in [2.75, 3.05) is 5.32 Å². The summed E-state index contributed by atoms with van der Waals surface area (Å²) in [7, 11) is 0. The molecule has 1 aromatic carbocycles. The van der Waals surface area contributed by atoms with Crippen LogP contribution in [0.5, 0.6) is 5.75 Å². The Balaban J connectivity index is 2.00. The lowest BCUT2D eigenvalue weighted by Crippen LogP contribution is -2.22. The maximum atomic E-state index is 12.6. The van der Waals surface area contributed by atoms with E-state index < -0.39 is 45.4 Å². The number of benzene rings is 1. The number of hydrogen-bond donors (Lipinski definition) is 2. The van der Waals surface area contributed by atoms with E-state index in [9.17, 15) is 27.9 Å². The molecule has 0 saturated heterocycles. The molecule has 0 aliphatic carbocycles. The third-order valence-corrected chi connectivity index (χ3v) is 3.99. The van der Waals surface area contributed by atoms with Crippen molar-refractivity contribution in [1.82, 2.24) is 4.98 Å². The Bertz CT molecular complexity index is 1130. The van der Waals surface area contributed by atoms with Gasteiger partial charge < -0.3 is 14.8 Å². The average Bonchev–Trinajstić information content (AvgIpc) is 2.55. The number of aromatic nitrogens is 1. The maximum absolute atomic E-state index is 12.6. The van der Waals surface area contributed by atoms with Crippen LogP contribution in [0.1, 0.15) is 15.9 Å². The van der Waals surface area contributed by atoms with Gasteiger partial charge in [0.2, 0.25) is 0 Å². The van der Waals surface area contributed by atoms with Gasteiger partial charge in [0.15, 0.2) is 11.4 Å². The van der Waals surface area contributed by atoms with Crippen molar-refractivity contribution in [3.63, 3.8) is 0 Å². The van der Waals surface area contributed by atoms with Crippen molar-refractivity contribution in [3.8, 4) is 5.75 Å². The van der Waals surface area contributed by atoms with Gasteiger partial charge in [-0.2, -0.15) is 13.2 Å². The van der Waals surface area contributed by atoms with E-state index >= 15 is 0 Å². The molecule has 0 atom stereocenters. The number of anilines is 1. The highest BCUT2D eigenvalue weighted by Gasteiger charge is 2.32. The number of amides is 1. The molecule has 140 valence electrons. The fourth-order valence-corrected chi connectivity index (χ4v) is 2.59. The zero-order valence-corrected chi connectivity index (χ0v) is 14.4. The first-order chi connectivity index (χ1) is 12.6. The van der Waals surface area contributed by atoms with Crippen LogP contribution in [0.3, 0.4) is 0 Å². The molecule has 0 saturated carbocycles. The Hall–Kier alpha value is -2.78. The Kier molecular flexibility index (Phi) is 4.75. The number of carbonyl (C=O) groups excluding carboxylic acids is 1. The molecule has 0 unspecified atom stereocenters. The van der Waals surface area contributed by atoms with Crippen LogP contribution in [-0.4, -0.2) is 16.0 Å². The molecule has 0 spiro atoms. The Morgan fingerprint density at radius 1 is 1.22 bits per heavy atom. The highest BCUT2D eigenvalue weighted by Crippen LogP contribution is 2.33. The standard InChI is InChI=1S/C16H7Cl2F3N2O4/c17-7-1-2-8-10(4-7)27-15(26)11(12(8)24)14(25)23-13-9(18)3-6(5-22-13)16(19,20)21/h1-5,24H,(H,22,23,25). The van der Waals surface area contributed by atoms with Crippen molar-refractivity contribution >= 4 is 45.9 Å². The van der Waals surface area contributed by atoms with Gasteiger partial charge in [-0.25, -0.2) is 9.78 Å². The number of halogens is 5. The summed E-state index contributed by atoms with van der Waals surface area (Å²) in [6, 6.07) is 4.57. The van der Waals surface area contributed by atoms with Gasteiger partial charge in [0, 0.05) is 17.3 Å². The van der Waals surface area contributed by atoms with E-state index in [1.807, 2.05) is 0 Å². The maximum Gasteiger partial charge on any atom is 0.417 e. The van der Waals surface area contributed by atoms with E-state index in [-0.39, 0.29) is 16.0 Å². The van der Waals surface area contributed by atoms with Gasteiger partial charge >= 0.3 is 11.8 Å². The molecule has 2 N–H and O–H groups in total. The molecule has 11 heteroatoms. The fourth-order valence-electron chi connectivity index (χ4n) is 2.21. The summed E-state index contributed by atoms with van der Waals surface area (Å²) in [5, 5.41) is 12.1. The van der Waals surface area contributed by atoms with Crippen molar-refractivity contribution in [2.45, 2.75) is 6.18 Å². The van der Waals surface area contributed by atoms with E-state index in [2.05, 4.69) is 10.3 Å². The van der Waals surface area contributed by atoms with Crippen LogP contribution >= 0.6 is 23.2 Å². The molecule has 0 aliphatic rings. The minimum atomic E-state index is -4.67. The van der Waals surface area contributed by atoms with E-state index in [1.54, 1.807) is 0 Å². The summed E-state index contributed by atoms with van der Waals surface area (Å²) in [4.78, 5) is 27.8. The number of alkyl halides is 3. The second-order valence-electron chi connectivity index (χ2n) is 5.26. The smallest absolute Gasteiger partial charge is 0.417 e. The van der Waals surface area contributed by atoms with E-state index in [4.69, 9.17) is 27.6 Å². The lowest BCUT2D eigenvalue weighted by Gasteiger charge is -2.10. The monoisotopic (exact) mass is 418 g/mol. The summed E-state index contributed by atoms with van der Waals surface area (Å²) < 4.78 is 42.8. The van der Waals surface area contributed by atoms with Gasteiger partial charge in [-0.15, -0.1) is 0 Å². The summed E-state index contributed by atoms with van der Waals surface area (Å²) in [6.07, 6.45) is -4.20. The molecule has 2 aromatic heterocycles. The molecule has 0 radical (unpaired) electrons. The van der Waals surface area contributed by atoms with Gasteiger partial charge in [0.25, 0.3) is 5.91 Å². The highest BCUT2D eigenvalue weighted by molar-refractivity contribution is 6.33. The predicted molar refractivity (Wildman–Crippen MR) is 91.4 cm³/mol. The number of carbonyl (C=O) groups is 1. The molecule has 1 amide bonds. The average molecular weight is 419 g/mol. The number of pyridine rings is 1. The first-order valence-electron chi connectivity index (χ1n) is 7.07. The van der Waals surface area contributed by atoms with Gasteiger partial charge in [-0.05, 0) is 18.2 Å². The summed E-state index contributed by atoms with van der Waals surface area (Å²) >= 11 is 11.5. The summed E-state index contributed by atoms with van der Waals surface area (Å²) in [6.45, 7) is 0. The molecule has 2 heterocycles. The topological polar surface area (TPSA) is 92.4 Å². The third-order valence-electron chi connectivity index (χ3n) is 3.47. The third kappa shape index (κ3) is 3.69. The number of nitrogens with one attached hydrogen (secondary N) is 1. The molecular formula is C16H7Cl2F3N2O4. The molecule has 6 nitrogen and oxygen atoms in total. The van der Waals surface area contributed by atoms with E-state index in [1.165, 1.54) is 18.2 Å². The SMILES string of the molecule is O=C(Nc1ncc(C(F)(F)F)cc1Cl)c1c(O)c2ccc(Cl)cc2oc1=O. The first-order valence-corrected chi connectivity index (χ1v) is 7.83. The summed E-state index contributed by atoms with van der Waals surface area (Å²) in [5.41, 5.74) is -3.10. The zero-order chi connectivity index (χ0) is 19.9. The van der Waals surface area contributed by atoms with Crippen molar-refractivity contribution < 1.29 is 27.5 Å². The van der Waals surface area contributed by atoms with Crippen LogP contribution in [0.25, 0.3) is 11.0 Å². The lowest BCUT2D eigenvalue weighted by molar-refractivity contribution is -0.137. The van der Waals surface area contributed by atoms with Gasteiger partial charge in [0.05, 0.1) is 16.0 Å². The van der Waals surface area contributed by atoms with Crippen molar-refractivity contribution in [2.24, 2.45) is 0 Å². The van der Waals surface area contributed by atoms with E-state index in [0.29, 0.717) is 12.3 Å². The molecular weight excluding hydrogens is 412 g/mol. The first kappa shape index (κ1) is 19.0. The largest absolute Gasteiger partial charge is 0.506 e. The van der Waals surface area contributed by atoms with Crippen LogP contribution in [0.4, 0.5) is 19.0 Å². The summed E-state index contributed by atoms with van der Waals surface area (Å²) in [5.74, 6) is -2.27. The van der Waals surface area contributed by atoms with Gasteiger partial charge in [-0.1, -0.05) is 23.2 Å². The minimum Gasteiger partial charge on any atom is -0.506 e. The Morgan fingerprint density at radius 2 is 1.93 bits per heavy atom. The van der Waals surface area contributed by atoms with Crippen LogP contribution in [0.2, 0.25) is 10.0 Å². The molecule has 3 rings (SSSR count). The zero-order valence-electron chi connectivity index (χ0n) is 12.9. The van der Waals surface area contributed by atoms with Crippen LogP contribution in [0.15, 0.2) is 39.7 Å². The number of nitrogens with zero attached hydrogens (tertiary/aromatic N) is 1. The molecule has 3 aromatic rings. The van der Waals surface area contributed by atoms with Crippen LogP contribution < -0.4 is 10.9 Å². The van der Waals surface area contributed by atoms with Gasteiger partial charge in [0.1, 0.15) is 11.3 Å². The molecule has 0 aliphatic heterocycles. The predicted octanol–water partition coefficient (Wildman–Crippen LogP) is 4.47. The minimum absolute atomic E-state index is 0.0376. The molecule has 0 bridgehead atoms. The Morgan fingerprint density at radius 3 is 2.56 bits per heavy atom. The lowest BCUT2D eigenvalue weighted by atomic mass is 10.1.